The lowest BCUT2D eigenvalue weighted by Crippen LogP contribution is -2.23. The molecule has 1 N–H and O–H groups in total. The number of benzene rings is 3. The molecule has 0 spiro atoms. The summed E-state index contributed by atoms with van der Waals surface area (Å²) < 4.78 is 24.8. The van der Waals surface area contributed by atoms with E-state index in [9.17, 15) is 14.0 Å². The predicted molar refractivity (Wildman–Crippen MR) is 122 cm³/mol. The van der Waals surface area contributed by atoms with Crippen molar-refractivity contribution in [2.24, 2.45) is 0 Å². The first-order chi connectivity index (χ1) is 15.3. The second kappa shape index (κ2) is 10.3. The topological polar surface area (TPSA) is 64.6 Å². The first kappa shape index (κ1) is 23.3. The number of hydrogen-bond donors (Lipinski definition) is 1. The summed E-state index contributed by atoms with van der Waals surface area (Å²) >= 11 is 6.27. The zero-order chi connectivity index (χ0) is 23.3. The number of amides is 1. The predicted octanol–water partition coefficient (Wildman–Crippen LogP) is 5.68. The second-order valence-corrected chi connectivity index (χ2v) is 7.82. The summed E-state index contributed by atoms with van der Waals surface area (Å²) in [7, 11) is 1.53. The highest BCUT2D eigenvalue weighted by atomic mass is 35.5. The van der Waals surface area contributed by atoms with Gasteiger partial charge in [-0.2, -0.15) is 0 Å². The Labute approximate surface area is 191 Å². The quantitative estimate of drug-likeness (QED) is 0.443. The van der Waals surface area contributed by atoms with Gasteiger partial charge in [0.2, 0.25) is 0 Å². The van der Waals surface area contributed by atoms with Gasteiger partial charge in [-0.1, -0.05) is 17.7 Å². The van der Waals surface area contributed by atoms with Gasteiger partial charge in [0, 0.05) is 17.7 Å². The van der Waals surface area contributed by atoms with Crippen LogP contribution in [0.3, 0.4) is 0 Å². The molecule has 0 unspecified atom stereocenters. The summed E-state index contributed by atoms with van der Waals surface area (Å²) in [5.41, 5.74) is 2.48. The molecule has 0 saturated heterocycles. The summed E-state index contributed by atoms with van der Waals surface area (Å²) in [6.07, 6.45) is 0.588. The average molecular weight is 456 g/mol. The fourth-order valence-electron chi connectivity index (χ4n) is 3.24. The van der Waals surface area contributed by atoms with Crippen molar-refractivity contribution in [3.05, 3.63) is 82.1 Å². The zero-order valence-electron chi connectivity index (χ0n) is 17.9. The molecule has 166 valence electrons. The van der Waals surface area contributed by atoms with Crippen LogP contribution in [0, 0.1) is 5.82 Å². The van der Waals surface area contributed by atoms with E-state index in [-0.39, 0.29) is 29.1 Å². The molecule has 32 heavy (non-hydrogen) atoms. The van der Waals surface area contributed by atoms with Crippen LogP contribution in [-0.2, 0) is 6.54 Å². The van der Waals surface area contributed by atoms with Crippen molar-refractivity contribution in [3.63, 3.8) is 0 Å². The lowest BCUT2D eigenvalue weighted by molar-refractivity contribution is 0.0950. The van der Waals surface area contributed by atoms with Crippen molar-refractivity contribution in [3.8, 4) is 22.6 Å². The summed E-state index contributed by atoms with van der Waals surface area (Å²) in [6, 6.07) is 14.3. The van der Waals surface area contributed by atoms with Crippen molar-refractivity contribution in [1.29, 1.82) is 0 Å². The Bertz CT molecular complexity index is 1150. The standard InChI is InChI=1S/C25H23ClFNO4/c1-15(2)32-21-5-6-22(23(26)12-21)25(30)28-13-19-10-17(4-7-24(19)31-3)18-8-16(14-29)9-20(27)11-18/h4-12,14-15H,13H2,1-3H3,(H,28,30). The Balaban J connectivity index is 1.81. The number of aldehydes is 1. The Morgan fingerprint density at radius 1 is 1.09 bits per heavy atom. The summed E-state index contributed by atoms with van der Waals surface area (Å²) in [5, 5.41) is 3.11. The van der Waals surface area contributed by atoms with Gasteiger partial charge in [-0.25, -0.2) is 4.39 Å². The largest absolute Gasteiger partial charge is 0.496 e. The number of carbonyl (C=O) groups excluding carboxylic acids is 2. The van der Waals surface area contributed by atoms with Gasteiger partial charge in [0.15, 0.2) is 0 Å². The number of carbonyl (C=O) groups is 2. The number of halogens is 2. The molecule has 5 nitrogen and oxygen atoms in total. The average Bonchev–Trinajstić information content (AvgIpc) is 2.76. The van der Waals surface area contributed by atoms with Crippen molar-refractivity contribution in [2.45, 2.75) is 26.5 Å². The molecule has 3 aromatic carbocycles. The van der Waals surface area contributed by atoms with Gasteiger partial charge in [-0.15, -0.1) is 0 Å². The highest BCUT2D eigenvalue weighted by Crippen LogP contribution is 2.28. The smallest absolute Gasteiger partial charge is 0.253 e. The highest BCUT2D eigenvalue weighted by Gasteiger charge is 2.14. The van der Waals surface area contributed by atoms with Crippen LogP contribution in [0.15, 0.2) is 54.6 Å². The monoisotopic (exact) mass is 455 g/mol. The molecular weight excluding hydrogens is 433 g/mol. The number of rotatable bonds is 8. The van der Waals surface area contributed by atoms with Crippen molar-refractivity contribution < 1.29 is 23.5 Å². The summed E-state index contributed by atoms with van der Waals surface area (Å²) in [6.45, 7) is 3.96. The Kier molecular flexibility index (Phi) is 7.49. The van der Waals surface area contributed by atoms with Crippen LogP contribution >= 0.6 is 11.6 Å². The molecule has 0 bridgehead atoms. The second-order valence-electron chi connectivity index (χ2n) is 7.41. The van der Waals surface area contributed by atoms with E-state index < -0.39 is 5.82 Å². The first-order valence-corrected chi connectivity index (χ1v) is 10.4. The Morgan fingerprint density at radius 3 is 2.53 bits per heavy atom. The minimum atomic E-state index is -0.505. The molecule has 0 heterocycles. The van der Waals surface area contributed by atoms with Crippen molar-refractivity contribution >= 4 is 23.8 Å². The van der Waals surface area contributed by atoms with E-state index in [4.69, 9.17) is 21.1 Å². The summed E-state index contributed by atoms with van der Waals surface area (Å²) in [5.74, 6) is 0.288. The van der Waals surface area contributed by atoms with Crippen LogP contribution in [0.1, 0.15) is 40.1 Å². The van der Waals surface area contributed by atoms with Crippen LogP contribution in [0.2, 0.25) is 5.02 Å². The van der Waals surface area contributed by atoms with E-state index in [0.29, 0.717) is 40.0 Å². The van der Waals surface area contributed by atoms with Gasteiger partial charge in [-0.05, 0) is 73.5 Å². The molecule has 0 aliphatic heterocycles. The molecule has 0 fully saturated rings. The Morgan fingerprint density at radius 2 is 1.88 bits per heavy atom. The Hall–Kier alpha value is -3.38. The van der Waals surface area contributed by atoms with E-state index in [1.165, 1.54) is 19.2 Å². The van der Waals surface area contributed by atoms with Gasteiger partial charge < -0.3 is 14.8 Å². The SMILES string of the molecule is COc1ccc(-c2cc(F)cc(C=O)c2)cc1CNC(=O)c1ccc(OC(C)C)cc1Cl. The normalized spacial score (nSPS) is 10.7. The zero-order valence-corrected chi connectivity index (χ0v) is 18.7. The number of ether oxygens (including phenoxy) is 2. The van der Waals surface area contributed by atoms with Gasteiger partial charge in [0.1, 0.15) is 23.6 Å². The molecule has 3 aromatic rings. The maximum absolute atomic E-state index is 13.9. The lowest BCUT2D eigenvalue weighted by Gasteiger charge is -2.14. The molecule has 0 aliphatic rings. The molecule has 1 amide bonds. The minimum Gasteiger partial charge on any atom is -0.496 e. The van der Waals surface area contributed by atoms with E-state index in [1.54, 1.807) is 42.5 Å². The fraction of sp³-hybridized carbons (Fsp3) is 0.200. The number of nitrogens with one attached hydrogen (secondary N) is 1. The number of hydrogen-bond acceptors (Lipinski definition) is 4. The molecule has 0 radical (unpaired) electrons. The molecule has 3 rings (SSSR count). The molecule has 0 aromatic heterocycles. The van der Waals surface area contributed by atoms with Gasteiger partial charge in [-0.3, -0.25) is 9.59 Å². The highest BCUT2D eigenvalue weighted by molar-refractivity contribution is 6.34. The molecule has 0 saturated carbocycles. The number of methoxy groups -OCH3 is 1. The minimum absolute atomic E-state index is 0.00816. The van der Waals surface area contributed by atoms with E-state index in [0.717, 1.165) is 0 Å². The van der Waals surface area contributed by atoms with Crippen molar-refractivity contribution in [2.75, 3.05) is 7.11 Å². The third-order valence-electron chi connectivity index (χ3n) is 4.67. The molecule has 7 heteroatoms. The summed E-state index contributed by atoms with van der Waals surface area (Å²) in [4.78, 5) is 23.8. The van der Waals surface area contributed by atoms with Gasteiger partial charge >= 0.3 is 0 Å². The van der Waals surface area contributed by atoms with Crippen LogP contribution in [0.25, 0.3) is 11.1 Å². The van der Waals surface area contributed by atoms with E-state index >= 15 is 0 Å². The van der Waals surface area contributed by atoms with Crippen molar-refractivity contribution in [1.82, 2.24) is 5.32 Å². The lowest BCUT2D eigenvalue weighted by atomic mass is 10.0. The maximum atomic E-state index is 13.9. The molecule has 0 atom stereocenters. The third kappa shape index (κ3) is 5.65. The molecular formula is C25H23ClFNO4. The van der Waals surface area contributed by atoms with E-state index in [1.807, 2.05) is 13.8 Å². The fourth-order valence-corrected chi connectivity index (χ4v) is 3.50. The van der Waals surface area contributed by atoms with Gasteiger partial charge in [0.25, 0.3) is 5.91 Å². The van der Waals surface area contributed by atoms with Crippen LogP contribution in [0.4, 0.5) is 4.39 Å². The van der Waals surface area contributed by atoms with E-state index in [2.05, 4.69) is 5.32 Å². The maximum Gasteiger partial charge on any atom is 0.253 e. The van der Waals surface area contributed by atoms with Crippen LogP contribution < -0.4 is 14.8 Å². The first-order valence-electron chi connectivity index (χ1n) is 9.98. The molecule has 0 aliphatic carbocycles. The third-order valence-corrected chi connectivity index (χ3v) is 4.98. The van der Waals surface area contributed by atoms with Crippen LogP contribution in [-0.4, -0.2) is 25.4 Å². The van der Waals surface area contributed by atoms with Gasteiger partial charge in [0.05, 0.1) is 23.8 Å². The van der Waals surface area contributed by atoms with Crippen LogP contribution in [0.5, 0.6) is 11.5 Å².